The van der Waals surface area contributed by atoms with Gasteiger partial charge >= 0.3 is 0 Å². The second-order valence-corrected chi connectivity index (χ2v) is 5.79. The van der Waals surface area contributed by atoms with E-state index in [2.05, 4.69) is 0 Å². The average Bonchev–Trinajstić information content (AvgIpc) is 3.38. The minimum Gasteiger partial charge on any atom is -0.372 e. The van der Waals surface area contributed by atoms with Gasteiger partial charge in [-0.15, -0.1) is 0 Å². The smallest absolute Gasteiger partial charge is 0.253 e. The third-order valence-corrected chi connectivity index (χ3v) is 4.15. The summed E-state index contributed by atoms with van der Waals surface area (Å²) < 4.78 is 5.26. The first-order valence-electron chi connectivity index (χ1n) is 8.01. The molecular formula is C17H22N2O3. The van der Waals surface area contributed by atoms with Crippen LogP contribution < -0.4 is 9.80 Å². The van der Waals surface area contributed by atoms with E-state index in [-0.39, 0.29) is 24.3 Å². The Morgan fingerprint density at radius 2 is 1.77 bits per heavy atom. The van der Waals surface area contributed by atoms with Crippen LogP contribution in [0.25, 0.3) is 0 Å². The van der Waals surface area contributed by atoms with Crippen LogP contribution in [0.5, 0.6) is 0 Å². The molecule has 1 aliphatic carbocycles. The summed E-state index contributed by atoms with van der Waals surface area (Å²) in [5, 5.41) is 0. The highest BCUT2D eigenvalue weighted by molar-refractivity contribution is 6.04. The lowest BCUT2D eigenvalue weighted by atomic mass is 10.2. The van der Waals surface area contributed by atoms with Gasteiger partial charge in [0.2, 0.25) is 5.91 Å². The number of fused-ring (bicyclic) bond motifs is 1. The van der Waals surface area contributed by atoms with Gasteiger partial charge in [0.25, 0.3) is 5.91 Å². The van der Waals surface area contributed by atoms with E-state index in [4.69, 9.17) is 4.74 Å². The van der Waals surface area contributed by atoms with Crippen molar-refractivity contribution in [1.82, 2.24) is 0 Å². The molecule has 2 aliphatic rings. The summed E-state index contributed by atoms with van der Waals surface area (Å²) in [5.41, 5.74) is 1.67. The highest BCUT2D eigenvalue weighted by Gasteiger charge is 2.36. The molecule has 2 amide bonds. The molecule has 1 aliphatic heterocycles. The summed E-state index contributed by atoms with van der Waals surface area (Å²) in [6.07, 6.45) is 2.76. The number of anilines is 2. The standard InChI is InChI=1S/C17H22N2O3/c1-2-22-12-16(20)18-10-5-11-19(17(21)13-8-9-13)15-7-4-3-6-14(15)18/h3-4,6-7,13H,2,5,8-12H2,1H3. The van der Waals surface area contributed by atoms with Gasteiger partial charge in [-0.1, -0.05) is 12.1 Å². The number of carbonyl (C=O) groups is 2. The van der Waals surface area contributed by atoms with E-state index < -0.39 is 0 Å². The Bertz CT molecular complexity index is 569. The van der Waals surface area contributed by atoms with E-state index in [0.29, 0.717) is 19.7 Å². The summed E-state index contributed by atoms with van der Waals surface area (Å²) >= 11 is 0. The molecule has 118 valence electrons. The summed E-state index contributed by atoms with van der Waals surface area (Å²) in [7, 11) is 0. The lowest BCUT2D eigenvalue weighted by Gasteiger charge is -2.25. The van der Waals surface area contributed by atoms with Gasteiger partial charge in [0.15, 0.2) is 0 Å². The molecule has 1 saturated carbocycles. The van der Waals surface area contributed by atoms with Crippen molar-refractivity contribution in [3.05, 3.63) is 24.3 Å². The summed E-state index contributed by atoms with van der Waals surface area (Å²) in [6.45, 7) is 3.77. The zero-order chi connectivity index (χ0) is 15.5. The van der Waals surface area contributed by atoms with Crippen LogP contribution in [-0.4, -0.2) is 38.1 Å². The second-order valence-electron chi connectivity index (χ2n) is 5.79. The number of nitrogens with zero attached hydrogens (tertiary/aromatic N) is 2. The molecule has 0 spiro atoms. The number of hydrogen-bond acceptors (Lipinski definition) is 3. The molecule has 22 heavy (non-hydrogen) atoms. The van der Waals surface area contributed by atoms with Crippen LogP contribution >= 0.6 is 0 Å². The summed E-state index contributed by atoms with van der Waals surface area (Å²) in [6, 6.07) is 7.67. The number of carbonyl (C=O) groups excluding carboxylic acids is 2. The lowest BCUT2D eigenvalue weighted by Crippen LogP contribution is -2.34. The molecule has 0 saturated heterocycles. The van der Waals surface area contributed by atoms with Gasteiger partial charge in [-0.05, 0) is 38.3 Å². The fourth-order valence-corrected chi connectivity index (χ4v) is 2.85. The van der Waals surface area contributed by atoms with Gasteiger partial charge in [0, 0.05) is 25.6 Å². The number of para-hydroxylation sites is 2. The molecule has 1 fully saturated rings. The van der Waals surface area contributed by atoms with Crippen LogP contribution in [-0.2, 0) is 14.3 Å². The largest absolute Gasteiger partial charge is 0.372 e. The fraction of sp³-hybridized carbons (Fsp3) is 0.529. The Hall–Kier alpha value is -1.88. The first kappa shape index (κ1) is 15.0. The Morgan fingerprint density at radius 1 is 1.14 bits per heavy atom. The van der Waals surface area contributed by atoms with Gasteiger partial charge < -0.3 is 14.5 Å². The van der Waals surface area contributed by atoms with Crippen molar-refractivity contribution in [3.8, 4) is 0 Å². The quantitative estimate of drug-likeness (QED) is 0.857. The van der Waals surface area contributed by atoms with Crippen molar-refractivity contribution in [2.75, 3.05) is 36.1 Å². The van der Waals surface area contributed by atoms with Crippen molar-refractivity contribution in [1.29, 1.82) is 0 Å². The normalized spacial score (nSPS) is 17.9. The van der Waals surface area contributed by atoms with E-state index >= 15 is 0 Å². The molecule has 0 N–H and O–H groups in total. The SMILES string of the molecule is CCOCC(=O)N1CCCN(C(=O)C2CC2)c2ccccc21. The molecule has 1 heterocycles. The predicted molar refractivity (Wildman–Crippen MR) is 85.0 cm³/mol. The molecule has 0 unspecified atom stereocenters. The van der Waals surface area contributed by atoms with E-state index in [1.54, 1.807) is 4.90 Å². The van der Waals surface area contributed by atoms with E-state index in [1.165, 1.54) is 0 Å². The number of benzene rings is 1. The third-order valence-electron chi connectivity index (χ3n) is 4.15. The van der Waals surface area contributed by atoms with E-state index in [0.717, 1.165) is 30.6 Å². The maximum absolute atomic E-state index is 12.5. The van der Waals surface area contributed by atoms with Gasteiger partial charge in [-0.2, -0.15) is 0 Å². The predicted octanol–water partition coefficient (Wildman–Crippen LogP) is 2.20. The first-order chi connectivity index (χ1) is 10.7. The highest BCUT2D eigenvalue weighted by Crippen LogP contribution is 2.37. The lowest BCUT2D eigenvalue weighted by molar-refractivity contribution is -0.123. The van der Waals surface area contributed by atoms with E-state index in [1.807, 2.05) is 36.1 Å². The Labute approximate surface area is 130 Å². The number of amides is 2. The van der Waals surface area contributed by atoms with Crippen LogP contribution in [0.3, 0.4) is 0 Å². The molecule has 0 aromatic heterocycles. The van der Waals surface area contributed by atoms with Crippen LogP contribution in [0, 0.1) is 5.92 Å². The van der Waals surface area contributed by atoms with Gasteiger partial charge in [-0.25, -0.2) is 0 Å². The topological polar surface area (TPSA) is 49.9 Å². The molecule has 0 radical (unpaired) electrons. The monoisotopic (exact) mass is 302 g/mol. The zero-order valence-corrected chi connectivity index (χ0v) is 13.0. The fourth-order valence-electron chi connectivity index (χ4n) is 2.85. The minimum atomic E-state index is -0.0463. The molecule has 3 rings (SSSR count). The van der Waals surface area contributed by atoms with Crippen molar-refractivity contribution < 1.29 is 14.3 Å². The summed E-state index contributed by atoms with van der Waals surface area (Å²) in [5.74, 6) is 0.334. The molecule has 5 nitrogen and oxygen atoms in total. The molecule has 5 heteroatoms. The Kier molecular flexibility index (Phi) is 4.43. The first-order valence-corrected chi connectivity index (χ1v) is 8.01. The third kappa shape index (κ3) is 2.99. The second kappa shape index (κ2) is 6.48. The van der Waals surface area contributed by atoms with Crippen molar-refractivity contribution in [3.63, 3.8) is 0 Å². The number of ether oxygens (including phenoxy) is 1. The molecular weight excluding hydrogens is 280 g/mol. The van der Waals surface area contributed by atoms with Gasteiger partial charge in [0.05, 0.1) is 11.4 Å². The van der Waals surface area contributed by atoms with Gasteiger partial charge in [0.1, 0.15) is 6.61 Å². The molecule has 1 aromatic rings. The number of hydrogen-bond donors (Lipinski definition) is 0. The highest BCUT2D eigenvalue weighted by atomic mass is 16.5. The Balaban J connectivity index is 1.89. The maximum atomic E-state index is 12.5. The van der Waals surface area contributed by atoms with Crippen LogP contribution in [0.4, 0.5) is 11.4 Å². The van der Waals surface area contributed by atoms with Gasteiger partial charge in [-0.3, -0.25) is 9.59 Å². The minimum absolute atomic E-state index is 0.0463. The van der Waals surface area contributed by atoms with E-state index in [9.17, 15) is 9.59 Å². The van der Waals surface area contributed by atoms with Crippen molar-refractivity contribution >= 4 is 23.2 Å². The maximum Gasteiger partial charge on any atom is 0.253 e. The van der Waals surface area contributed by atoms with Crippen molar-refractivity contribution in [2.24, 2.45) is 5.92 Å². The molecule has 1 aromatic carbocycles. The number of rotatable bonds is 4. The van der Waals surface area contributed by atoms with Crippen molar-refractivity contribution in [2.45, 2.75) is 26.2 Å². The van der Waals surface area contributed by atoms with Crippen LogP contribution in [0.15, 0.2) is 24.3 Å². The Morgan fingerprint density at radius 3 is 2.41 bits per heavy atom. The van der Waals surface area contributed by atoms with Crippen LogP contribution in [0.2, 0.25) is 0 Å². The molecule has 0 atom stereocenters. The average molecular weight is 302 g/mol. The zero-order valence-electron chi connectivity index (χ0n) is 13.0. The van der Waals surface area contributed by atoms with Crippen LogP contribution in [0.1, 0.15) is 26.2 Å². The molecule has 0 bridgehead atoms. The summed E-state index contributed by atoms with van der Waals surface area (Å²) in [4.78, 5) is 28.5.